The molecule has 0 aliphatic carbocycles. The molecule has 0 radical (unpaired) electrons. The third-order valence-electron chi connectivity index (χ3n) is 7.12. The van der Waals surface area contributed by atoms with Gasteiger partial charge in [0.15, 0.2) is 5.78 Å². The van der Waals surface area contributed by atoms with E-state index in [1.807, 2.05) is 86.6 Å². The van der Waals surface area contributed by atoms with Crippen molar-refractivity contribution in [3.63, 3.8) is 0 Å². The molecule has 3 aromatic carbocycles. The molecular weight excluding hydrogens is 528 g/mol. The fourth-order valence-corrected chi connectivity index (χ4v) is 4.85. The van der Waals surface area contributed by atoms with Crippen molar-refractivity contribution < 1.29 is 24.0 Å². The number of nitrogens with one attached hydrogen (secondary N) is 2. The van der Waals surface area contributed by atoms with Crippen molar-refractivity contribution >= 4 is 34.2 Å². The van der Waals surface area contributed by atoms with Gasteiger partial charge in [-0.1, -0.05) is 86.6 Å². The molecule has 0 saturated carbocycles. The molecular formula is C35H44N2O5. The second-order valence-electron chi connectivity index (χ2n) is 12.2. The highest BCUT2D eigenvalue weighted by Gasteiger charge is 2.30. The molecule has 7 nitrogen and oxygen atoms in total. The number of fused-ring (bicyclic) bond motifs is 1. The second kappa shape index (κ2) is 15.4. The van der Waals surface area contributed by atoms with Crippen LogP contribution in [-0.2, 0) is 36.9 Å². The Morgan fingerprint density at radius 2 is 1.45 bits per heavy atom. The molecule has 2 N–H and O–H groups in total. The molecule has 3 aromatic rings. The Labute approximate surface area is 249 Å². The Morgan fingerprint density at radius 1 is 0.786 bits per heavy atom. The summed E-state index contributed by atoms with van der Waals surface area (Å²) in [4.78, 5) is 57.9. The van der Waals surface area contributed by atoms with E-state index in [9.17, 15) is 19.2 Å². The van der Waals surface area contributed by atoms with Gasteiger partial charge in [-0.15, -0.1) is 0 Å². The number of hydrogen-bond donors (Lipinski definition) is 2. The summed E-state index contributed by atoms with van der Waals surface area (Å²) in [6.07, 6.45) is 1.29. The van der Waals surface area contributed by atoms with Crippen LogP contribution in [-0.4, -0.2) is 35.0 Å². The van der Waals surface area contributed by atoms with E-state index in [4.69, 9.17) is 4.84 Å². The van der Waals surface area contributed by atoms with Crippen LogP contribution in [0.5, 0.6) is 0 Å². The zero-order valence-corrected chi connectivity index (χ0v) is 25.4. The maximum absolute atomic E-state index is 13.5. The standard InChI is InChI=1S/C35H44N2O5/c1-24(2)33(31(39)21-19-27-16-11-15-26-14-9-10-17-30(26)27)36-34(41)28(23-32(40)37-42-35(3,4)5)22-29(38)20-18-25-12-7-6-8-13-25/h6-17,24,28,33H,18-23H2,1-5H3,(H,36,41)(H,37,40)/t28-,33-/m0/s1. The van der Waals surface area contributed by atoms with Gasteiger partial charge in [0, 0.05) is 25.7 Å². The van der Waals surface area contributed by atoms with Crippen molar-refractivity contribution in [2.24, 2.45) is 11.8 Å². The maximum Gasteiger partial charge on any atom is 0.244 e. The summed E-state index contributed by atoms with van der Waals surface area (Å²) in [5, 5.41) is 5.11. The summed E-state index contributed by atoms with van der Waals surface area (Å²) < 4.78 is 0. The minimum atomic E-state index is -0.927. The van der Waals surface area contributed by atoms with E-state index in [1.165, 1.54) is 0 Å². The number of carbonyl (C=O) groups is 4. The fourth-order valence-electron chi connectivity index (χ4n) is 4.85. The molecule has 0 spiro atoms. The van der Waals surface area contributed by atoms with Gasteiger partial charge in [-0.2, -0.15) is 0 Å². The lowest BCUT2D eigenvalue weighted by atomic mass is 9.91. The lowest BCUT2D eigenvalue weighted by Gasteiger charge is -2.25. The van der Waals surface area contributed by atoms with Crippen LogP contribution in [0.3, 0.4) is 0 Å². The van der Waals surface area contributed by atoms with Crippen LogP contribution in [0.1, 0.15) is 71.4 Å². The van der Waals surface area contributed by atoms with Gasteiger partial charge >= 0.3 is 0 Å². The highest BCUT2D eigenvalue weighted by Crippen LogP contribution is 2.21. The summed E-state index contributed by atoms with van der Waals surface area (Å²) in [6, 6.07) is 23.0. The van der Waals surface area contributed by atoms with E-state index < -0.39 is 29.4 Å². The first-order valence-corrected chi connectivity index (χ1v) is 14.7. The topological polar surface area (TPSA) is 102 Å². The van der Waals surface area contributed by atoms with Gasteiger partial charge in [-0.05, 0) is 61.4 Å². The van der Waals surface area contributed by atoms with E-state index in [-0.39, 0.29) is 43.2 Å². The number of hydroxylamine groups is 1. The Kier molecular flexibility index (Phi) is 12.0. The molecule has 224 valence electrons. The SMILES string of the molecule is CC(C)[C@H](NC(=O)[C@@H](CC(=O)CCc1ccccc1)CC(=O)NOC(C)(C)C)C(=O)CCc1cccc2ccccc12. The number of rotatable bonds is 15. The first-order chi connectivity index (χ1) is 19.9. The fraction of sp³-hybridized carbons (Fsp3) is 0.429. The van der Waals surface area contributed by atoms with Crippen LogP contribution >= 0.6 is 0 Å². The Hall–Kier alpha value is -3.84. The minimum Gasteiger partial charge on any atom is -0.346 e. The van der Waals surface area contributed by atoms with Crippen LogP contribution in [0.4, 0.5) is 0 Å². The highest BCUT2D eigenvalue weighted by molar-refractivity contribution is 5.94. The van der Waals surface area contributed by atoms with E-state index in [0.717, 1.165) is 21.9 Å². The average molecular weight is 573 g/mol. The molecule has 42 heavy (non-hydrogen) atoms. The molecule has 0 fully saturated rings. The number of ketones is 2. The first kappa shape index (κ1) is 32.7. The molecule has 2 amide bonds. The second-order valence-corrected chi connectivity index (χ2v) is 12.2. The molecule has 2 atom stereocenters. The summed E-state index contributed by atoms with van der Waals surface area (Å²) >= 11 is 0. The summed E-state index contributed by atoms with van der Waals surface area (Å²) in [5.41, 5.74) is 3.89. The predicted octanol–water partition coefficient (Wildman–Crippen LogP) is 5.93. The average Bonchev–Trinajstić information content (AvgIpc) is 2.96. The van der Waals surface area contributed by atoms with Crippen LogP contribution < -0.4 is 10.8 Å². The molecule has 0 saturated heterocycles. The number of Topliss-reactive ketones (excluding diaryl/α,β-unsaturated/α-hetero) is 2. The van der Waals surface area contributed by atoms with Crippen molar-refractivity contribution in [1.82, 2.24) is 10.8 Å². The quantitative estimate of drug-likeness (QED) is 0.220. The number of carbonyl (C=O) groups excluding carboxylic acids is 4. The van der Waals surface area contributed by atoms with Gasteiger partial charge in [0.1, 0.15) is 5.78 Å². The zero-order chi connectivity index (χ0) is 30.7. The van der Waals surface area contributed by atoms with Crippen molar-refractivity contribution in [3.8, 4) is 0 Å². The smallest absolute Gasteiger partial charge is 0.244 e. The minimum absolute atomic E-state index is 0.0824. The third-order valence-corrected chi connectivity index (χ3v) is 7.12. The largest absolute Gasteiger partial charge is 0.346 e. The third kappa shape index (κ3) is 10.5. The van der Waals surface area contributed by atoms with Crippen molar-refractivity contribution in [3.05, 3.63) is 83.9 Å². The number of amides is 2. The molecule has 7 heteroatoms. The number of benzene rings is 3. The van der Waals surface area contributed by atoms with Gasteiger partial charge in [-0.25, -0.2) is 5.48 Å². The summed E-state index contributed by atoms with van der Waals surface area (Å²) in [5.74, 6) is -2.27. The lowest BCUT2D eigenvalue weighted by molar-refractivity contribution is -0.148. The molecule has 0 heterocycles. The molecule has 0 aliphatic heterocycles. The van der Waals surface area contributed by atoms with Crippen LogP contribution in [0.25, 0.3) is 10.8 Å². The summed E-state index contributed by atoms with van der Waals surface area (Å²) in [7, 11) is 0. The molecule has 0 aliphatic rings. The molecule has 3 rings (SSSR count). The number of hydrogen-bond acceptors (Lipinski definition) is 5. The number of aryl methyl sites for hydroxylation is 2. The van der Waals surface area contributed by atoms with Crippen LogP contribution in [0.15, 0.2) is 72.8 Å². The molecule has 0 bridgehead atoms. The highest BCUT2D eigenvalue weighted by atomic mass is 16.7. The van der Waals surface area contributed by atoms with Gasteiger partial charge in [0.25, 0.3) is 0 Å². The Balaban J connectivity index is 1.68. The van der Waals surface area contributed by atoms with Crippen LogP contribution in [0.2, 0.25) is 0 Å². The Bertz CT molecular complexity index is 1360. The Morgan fingerprint density at radius 3 is 2.14 bits per heavy atom. The van der Waals surface area contributed by atoms with Gasteiger partial charge in [0.2, 0.25) is 11.8 Å². The van der Waals surface area contributed by atoms with Gasteiger partial charge in [0.05, 0.1) is 17.6 Å². The molecule has 0 unspecified atom stereocenters. The maximum atomic E-state index is 13.5. The van der Waals surface area contributed by atoms with Crippen molar-refractivity contribution in [1.29, 1.82) is 0 Å². The van der Waals surface area contributed by atoms with Gasteiger partial charge < -0.3 is 5.32 Å². The van der Waals surface area contributed by atoms with Crippen molar-refractivity contribution in [2.45, 2.75) is 84.8 Å². The predicted molar refractivity (Wildman–Crippen MR) is 166 cm³/mol. The monoisotopic (exact) mass is 572 g/mol. The van der Waals surface area contributed by atoms with Crippen LogP contribution in [0, 0.1) is 11.8 Å². The summed E-state index contributed by atoms with van der Waals surface area (Å²) in [6.45, 7) is 9.14. The van der Waals surface area contributed by atoms with E-state index in [1.54, 1.807) is 20.8 Å². The van der Waals surface area contributed by atoms with Crippen molar-refractivity contribution in [2.75, 3.05) is 0 Å². The van der Waals surface area contributed by atoms with E-state index >= 15 is 0 Å². The molecule has 0 aromatic heterocycles. The van der Waals surface area contributed by atoms with E-state index in [2.05, 4.69) is 10.8 Å². The lowest BCUT2D eigenvalue weighted by Crippen LogP contribution is -2.48. The normalized spacial score (nSPS) is 13.0. The first-order valence-electron chi connectivity index (χ1n) is 14.7. The zero-order valence-electron chi connectivity index (χ0n) is 25.4. The van der Waals surface area contributed by atoms with E-state index in [0.29, 0.717) is 12.8 Å². The van der Waals surface area contributed by atoms with Gasteiger partial charge in [-0.3, -0.25) is 24.0 Å².